The number of nitrogens with zero attached hydrogens (tertiary/aromatic N) is 2. The van der Waals surface area contributed by atoms with Crippen molar-refractivity contribution in [3.8, 4) is 0 Å². The van der Waals surface area contributed by atoms with Crippen LogP contribution in [0.3, 0.4) is 0 Å². The van der Waals surface area contributed by atoms with Gasteiger partial charge in [-0.2, -0.15) is 0 Å². The van der Waals surface area contributed by atoms with Gasteiger partial charge in [-0.3, -0.25) is 0 Å². The molecule has 0 aliphatic carbocycles. The van der Waals surface area contributed by atoms with Crippen molar-refractivity contribution in [2.45, 2.75) is 11.8 Å². The molecule has 0 radical (unpaired) electrons. The number of nitro groups is 1. The molecule has 0 unspecified atom stereocenters. The third-order valence-electron chi connectivity index (χ3n) is 1.55. The molecule has 1 rings (SSSR count). The Morgan fingerprint density at radius 2 is 2.20 bits per heavy atom. The molecule has 1 aromatic heterocycles. The monoisotopic (exact) mass is 231 g/mol. The minimum atomic E-state index is -3.59. The normalized spacial score (nSPS) is 11.3. The van der Waals surface area contributed by atoms with Gasteiger partial charge < -0.3 is 10.1 Å². The Hall–Kier alpha value is -1.54. The van der Waals surface area contributed by atoms with Gasteiger partial charge in [0, 0.05) is 12.6 Å². The molecule has 0 aromatic carbocycles. The largest absolute Gasteiger partial charge is 0.363 e. The molecule has 0 fully saturated rings. The standard InChI is InChI=1S/C7H9N3O4S/c1-2-9-15(13,14)6-3-4-7(8-5-6)10(11)12/h3-5,9H,2H2,1H3. The number of hydrogen-bond donors (Lipinski definition) is 1. The third kappa shape index (κ3) is 2.70. The van der Waals surface area contributed by atoms with E-state index in [1.165, 1.54) is 0 Å². The minimum absolute atomic E-state index is 0.0880. The van der Waals surface area contributed by atoms with Crippen LogP contribution in [-0.4, -0.2) is 24.9 Å². The fourth-order valence-electron chi connectivity index (χ4n) is 0.913. The van der Waals surface area contributed by atoms with E-state index in [9.17, 15) is 18.5 Å². The zero-order valence-corrected chi connectivity index (χ0v) is 8.69. The first kappa shape index (κ1) is 11.5. The predicted molar refractivity (Wildman–Crippen MR) is 51.8 cm³/mol. The van der Waals surface area contributed by atoms with Gasteiger partial charge in [-0.1, -0.05) is 6.92 Å². The second-order valence-corrected chi connectivity index (χ2v) is 4.38. The zero-order valence-electron chi connectivity index (χ0n) is 7.87. The van der Waals surface area contributed by atoms with Crippen molar-refractivity contribution in [1.29, 1.82) is 0 Å². The summed E-state index contributed by atoms with van der Waals surface area (Å²) in [5.74, 6) is -0.384. The summed E-state index contributed by atoms with van der Waals surface area (Å²) >= 11 is 0. The summed E-state index contributed by atoms with van der Waals surface area (Å²) < 4.78 is 25.0. The molecule has 0 amide bonds. The first-order valence-corrected chi connectivity index (χ1v) is 5.56. The summed E-state index contributed by atoms with van der Waals surface area (Å²) in [4.78, 5) is 12.9. The topological polar surface area (TPSA) is 102 Å². The summed E-state index contributed by atoms with van der Waals surface area (Å²) in [5, 5.41) is 10.3. The molecule has 8 heteroatoms. The molecule has 0 bridgehead atoms. The molecule has 0 aliphatic heterocycles. The van der Waals surface area contributed by atoms with E-state index < -0.39 is 14.9 Å². The lowest BCUT2D eigenvalue weighted by Gasteiger charge is -2.01. The Kier molecular flexibility index (Phi) is 3.32. The number of sulfonamides is 1. The van der Waals surface area contributed by atoms with E-state index in [-0.39, 0.29) is 17.3 Å². The van der Waals surface area contributed by atoms with Gasteiger partial charge in [0.15, 0.2) is 6.20 Å². The maximum Gasteiger partial charge on any atom is 0.363 e. The molecule has 82 valence electrons. The SMILES string of the molecule is CCNS(=O)(=O)c1ccc([N+](=O)[O-])nc1. The average Bonchev–Trinajstić information content (AvgIpc) is 2.18. The predicted octanol–water partition coefficient (Wildman–Crippen LogP) is 0.288. The number of pyridine rings is 1. The van der Waals surface area contributed by atoms with Gasteiger partial charge in [0.25, 0.3) is 0 Å². The van der Waals surface area contributed by atoms with Crippen molar-refractivity contribution >= 4 is 15.8 Å². The van der Waals surface area contributed by atoms with Crippen LogP contribution in [0.1, 0.15) is 6.92 Å². The van der Waals surface area contributed by atoms with E-state index in [1.54, 1.807) is 6.92 Å². The highest BCUT2D eigenvalue weighted by atomic mass is 32.2. The number of rotatable bonds is 4. The lowest BCUT2D eigenvalue weighted by molar-refractivity contribution is -0.389. The molecule has 0 saturated carbocycles. The van der Waals surface area contributed by atoms with E-state index in [2.05, 4.69) is 9.71 Å². The van der Waals surface area contributed by atoms with Gasteiger partial charge in [-0.15, -0.1) is 0 Å². The van der Waals surface area contributed by atoms with Crippen molar-refractivity contribution in [3.63, 3.8) is 0 Å². The lowest BCUT2D eigenvalue weighted by Crippen LogP contribution is -2.23. The van der Waals surface area contributed by atoms with Crippen molar-refractivity contribution < 1.29 is 13.3 Å². The van der Waals surface area contributed by atoms with Gasteiger partial charge in [0.1, 0.15) is 4.90 Å². The molecule has 7 nitrogen and oxygen atoms in total. The highest BCUT2D eigenvalue weighted by Crippen LogP contribution is 2.11. The van der Waals surface area contributed by atoms with Gasteiger partial charge >= 0.3 is 5.82 Å². The maximum atomic E-state index is 11.4. The van der Waals surface area contributed by atoms with Crippen LogP contribution in [-0.2, 0) is 10.0 Å². The molecule has 0 aliphatic rings. The highest BCUT2D eigenvalue weighted by molar-refractivity contribution is 7.89. The maximum absolute atomic E-state index is 11.4. The number of aromatic nitrogens is 1. The molecule has 1 N–H and O–H groups in total. The van der Waals surface area contributed by atoms with E-state index in [0.29, 0.717) is 0 Å². The molecule has 0 spiro atoms. The van der Waals surface area contributed by atoms with Crippen LogP contribution in [0.4, 0.5) is 5.82 Å². The van der Waals surface area contributed by atoms with Crippen LogP contribution in [0.5, 0.6) is 0 Å². The zero-order chi connectivity index (χ0) is 11.5. The Balaban J connectivity index is 3.04. The van der Waals surface area contributed by atoms with Crippen molar-refractivity contribution in [2.24, 2.45) is 0 Å². The van der Waals surface area contributed by atoms with Crippen LogP contribution in [0.2, 0.25) is 0 Å². The molecule has 1 heterocycles. The Morgan fingerprint density at radius 3 is 2.60 bits per heavy atom. The molecule has 15 heavy (non-hydrogen) atoms. The minimum Gasteiger partial charge on any atom is -0.358 e. The third-order valence-corrected chi connectivity index (χ3v) is 3.08. The van der Waals surface area contributed by atoms with Crippen LogP contribution < -0.4 is 4.72 Å². The Morgan fingerprint density at radius 1 is 1.53 bits per heavy atom. The van der Waals surface area contributed by atoms with Gasteiger partial charge in [-0.25, -0.2) is 13.1 Å². The first-order chi connectivity index (χ1) is 6.97. The Labute approximate surface area is 86.3 Å². The molecular weight excluding hydrogens is 222 g/mol. The smallest absolute Gasteiger partial charge is 0.358 e. The fraction of sp³-hybridized carbons (Fsp3) is 0.286. The van der Waals surface area contributed by atoms with E-state index in [0.717, 1.165) is 18.3 Å². The van der Waals surface area contributed by atoms with Crippen molar-refractivity contribution in [3.05, 3.63) is 28.4 Å². The quantitative estimate of drug-likeness (QED) is 0.592. The van der Waals surface area contributed by atoms with Gasteiger partial charge in [0.05, 0.1) is 0 Å². The summed E-state index contributed by atoms with van der Waals surface area (Å²) in [6.07, 6.45) is 0.954. The van der Waals surface area contributed by atoms with Crippen LogP contribution in [0.25, 0.3) is 0 Å². The van der Waals surface area contributed by atoms with Crippen LogP contribution in [0, 0.1) is 10.1 Å². The van der Waals surface area contributed by atoms with E-state index in [4.69, 9.17) is 0 Å². The summed E-state index contributed by atoms with van der Waals surface area (Å²) in [6, 6.07) is 2.19. The highest BCUT2D eigenvalue weighted by Gasteiger charge is 2.16. The number of nitrogens with one attached hydrogen (secondary N) is 1. The molecular formula is C7H9N3O4S. The van der Waals surface area contributed by atoms with Crippen LogP contribution in [0.15, 0.2) is 23.2 Å². The van der Waals surface area contributed by atoms with Crippen molar-refractivity contribution in [2.75, 3.05) is 6.54 Å². The fourth-order valence-corrected chi connectivity index (χ4v) is 1.90. The summed E-state index contributed by atoms with van der Waals surface area (Å²) in [6.45, 7) is 1.88. The average molecular weight is 231 g/mol. The molecule has 1 aromatic rings. The van der Waals surface area contributed by atoms with Gasteiger partial charge in [-0.05, 0) is 16.0 Å². The van der Waals surface area contributed by atoms with E-state index in [1.807, 2.05) is 0 Å². The van der Waals surface area contributed by atoms with Crippen LogP contribution >= 0.6 is 0 Å². The molecule has 0 saturated heterocycles. The lowest BCUT2D eigenvalue weighted by atomic mass is 10.5. The van der Waals surface area contributed by atoms with E-state index >= 15 is 0 Å². The summed E-state index contributed by atoms with van der Waals surface area (Å²) in [7, 11) is -3.59. The molecule has 0 atom stereocenters. The van der Waals surface area contributed by atoms with Gasteiger partial charge in [0.2, 0.25) is 10.0 Å². The second-order valence-electron chi connectivity index (χ2n) is 2.61. The second kappa shape index (κ2) is 4.32. The summed E-state index contributed by atoms with van der Waals surface area (Å²) in [5.41, 5.74) is 0. The first-order valence-electron chi connectivity index (χ1n) is 4.07. The van der Waals surface area contributed by atoms with Crippen molar-refractivity contribution in [1.82, 2.24) is 9.71 Å². The number of hydrogen-bond acceptors (Lipinski definition) is 5. The Bertz CT molecular complexity index is 454.